The van der Waals surface area contributed by atoms with Gasteiger partial charge >= 0.3 is 0 Å². The first kappa shape index (κ1) is 22.2. The molecule has 156 valence electrons. The number of hydrogen-bond donors (Lipinski definition) is 1. The van der Waals surface area contributed by atoms with Gasteiger partial charge in [0.2, 0.25) is 5.91 Å². The number of nitrogens with zero attached hydrogens (tertiary/aromatic N) is 1. The first-order valence-electron chi connectivity index (χ1n) is 9.46. The predicted molar refractivity (Wildman–Crippen MR) is 108 cm³/mol. The van der Waals surface area contributed by atoms with Crippen LogP contribution in [0.5, 0.6) is 5.75 Å². The van der Waals surface area contributed by atoms with E-state index in [2.05, 4.69) is 26.1 Å². The van der Waals surface area contributed by atoms with Crippen LogP contribution in [0.1, 0.15) is 40.2 Å². The second-order valence-electron chi connectivity index (χ2n) is 8.25. The van der Waals surface area contributed by atoms with Crippen LogP contribution in [0.3, 0.4) is 0 Å². The number of nitrogens with one attached hydrogen (secondary N) is 1. The number of carbonyl (C=O) groups excluding carboxylic acids is 2. The van der Waals surface area contributed by atoms with Gasteiger partial charge in [0.25, 0.3) is 5.91 Å². The summed E-state index contributed by atoms with van der Waals surface area (Å²) < 4.78 is 28.7. The average molecular weight is 411 g/mol. The van der Waals surface area contributed by atoms with Crippen LogP contribution in [-0.4, -0.2) is 61.9 Å². The molecule has 1 aliphatic rings. The van der Waals surface area contributed by atoms with Gasteiger partial charge in [0.1, 0.15) is 11.8 Å². The summed E-state index contributed by atoms with van der Waals surface area (Å²) >= 11 is 0. The Morgan fingerprint density at radius 2 is 1.75 bits per heavy atom. The number of benzene rings is 1. The Bertz CT molecular complexity index is 815. The van der Waals surface area contributed by atoms with Gasteiger partial charge in [0.15, 0.2) is 15.9 Å². The summed E-state index contributed by atoms with van der Waals surface area (Å²) in [6, 6.07) is 6.85. The Balaban J connectivity index is 1.92. The molecule has 0 aromatic heterocycles. The van der Waals surface area contributed by atoms with Crippen molar-refractivity contribution in [3.63, 3.8) is 0 Å². The van der Waals surface area contributed by atoms with E-state index in [9.17, 15) is 18.0 Å². The molecule has 1 aliphatic heterocycles. The fourth-order valence-corrected chi connectivity index (χ4v) is 4.09. The van der Waals surface area contributed by atoms with E-state index >= 15 is 0 Å². The molecular formula is C20H30N2O5S. The van der Waals surface area contributed by atoms with Gasteiger partial charge in [-0.2, -0.15) is 0 Å². The summed E-state index contributed by atoms with van der Waals surface area (Å²) in [4.78, 5) is 26.4. The molecule has 1 heterocycles. The summed E-state index contributed by atoms with van der Waals surface area (Å²) in [5.41, 5.74) is 1.06. The summed E-state index contributed by atoms with van der Waals surface area (Å²) in [7, 11) is -3.06. The van der Waals surface area contributed by atoms with E-state index < -0.39 is 27.9 Å². The van der Waals surface area contributed by atoms with Crippen molar-refractivity contribution in [1.29, 1.82) is 0 Å². The Hall–Kier alpha value is -2.09. The maximum absolute atomic E-state index is 12.5. The standard InChI is InChI=1S/C20H30N2O5S/c1-14(19(24)22-9-11-28(25,26)12-10-22)21-18(23)15(2)27-17-8-6-7-16(13-17)20(3,4)5/h6-8,13-15H,9-12H2,1-5H3,(H,21,23). The van der Waals surface area contributed by atoms with Crippen LogP contribution in [0.25, 0.3) is 0 Å². The number of rotatable bonds is 5. The van der Waals surface area contributed by atoms with Gasteiger partial charge in [-0.05, 0) is 37.0 Å². The highest BCUT2D eigenvalue weighted by Crippen LogP contribution is 2.26. The number of hydrogen-bond acceptors (Lipinski definition) is 5. The summed E-state index contributed by atoms with van der Waals surface area (Å²) in [5, 5.41) is 2.66. The Labute approximate surface area is 167 Å². The van der Waals surface area contributed by atoms with E-state index in [0.29, 0.717) is 5.75 Å². The zero-order valence-corrected chi connectivity index (χ0v) is 18.0. The molecular weight excluding hydrogens is 380 g/mol. The molecule has 0 aliphatic carbocycles. The lowest BCUT2D eigenvalue weighted by atomic mass is 9.87. The molecule has 8 heteroatoms. The lowest BCUT2D eigenvalue weighted by Gasteiger charge is -2.29. The van der Waals surface area contributed by atoms with Crippen molar-refractivity contribution in [2.24, 2.45) is 0 Å². The van der Waals surface area contributed by atoms with Crippen LogP contribution in [0.4, 0.5) is 0 Å². The normalized spacial score (nSPS) is 18.8. The molecule has 28 heavy (non-hydrogen) atoms. The minimum atomic E-state index is -3.06. The number of amides is 2. The maximum atomic E-state index is 12.5. The molecule has 2 unspecified atom stereocenters. The van der Waals surface area contributed by atoms with Crippen LogP contribution in [-0.2, 0) is 24.8 Å². The molecule has 7 nitrogen and oxygen atoms in total. The van der Waals surface area contributed by atoms with E-state index in [1.165, 1.54) is 4.90 Å². The Kier molecular flexibility index (Phi) is 6.75. The molecule has 2 rings (SSSR count). The fraction of sp³-hybridized carbons (Fsp3) is 0.600. The minimum Gasteiger partial charge on any atom is -0.481 e. The van der Waals surface area contributed by atoms with Crippen LogP contribution in [0.15, 0.2) is 24.3 Å². The highest BCUT2D eigenvalue weighted by Gasteiger charge is 2.29. The topological polar surface area (TPSA) is 92.8 Å². The molecule has 0 bridgehead atoms. The SMILES string of the molecule is CC(NC(=O)C(C)Oc1cccc(C(C)(C)C)c1)C(=O)N1CCS(=O)(=O)CC1. The highest BCUT2D eigenvalue weighted by atomic mass is 32.2. The minimum absolute atomic E-state index is 0.0340. The van der Waals surface area contributed by atoms with E-state index in [1.54, 1.807) is 19.9 Å². The van der Waals surface area contributed by atoms with E-state index in [4.69, 9.17) is 4.74 Å². The van der Waals surface area contributed by atoms with Crippen LogP contribution in [0, 0.1) is 0 Å². The maximum Gasteiger partial charge on any atom is 0.261 e. The number of sulfone groups is 1. The smallest absolute Gasteiger partial charge is 0.261 e. The molecule has 1 saturated heterocycles. The fourth-order valence-electron chi connectivity index (χ4n) is 2.89. The molecule has 0 saturated carbocycles. The second kappa shape index (κ2) is 8.51. The predicted octanol–water partition coefficient (Wildman–Crippen LogP) is 1.51. The first-order valence-corrected chi connectivity index (χ1v) is 11.3. The lowest BCUT2D eigenvalue weighted by molar-refractivity contribution is -0.137. The summed E-state index contributed by atoms with van der Waals surface area (Å²) in [6.07, 6.45) is -0.771. The Morgan fingerprint density at radius 1 is 1.14 bits per heavy atom. The third-order valence-electron chi connectivity index (χ3n) is 4.77. The highest BCUT2D eigenvalue weighted by molar-refractivity contribution is 7.91. The molecule has 2 amide bonds. The third-order valence-corrected chi connectivity index (χ3v) is 6.38. The van der Waals surface area contributed by atoms with Gasteiger partial charge in [-0.1, -0.05) is 32.9 Å². The van der Waals surface area contributed by atoms with Crippen molar-refractivity contribution < 1.29 is 22.7 Å². The molecule has 0 radical (unpaired) electrons. The second-order valence-corrected chi connectivity index (χ2v) is 10.5. The van der Waals surface area contributed by atoms with Crippen molar-refractivity contribution in [3.05, 3.63) is 29.8 Å². The number of carbonyl (C=O) groups is 2. The quantitative estimate of drug-likeness (QED) is 0.794. The van der Waals surface area contributed by atoms with Gasteiger partial charge < -0.3 is 15.0 Å². The molecule has 2 atom stereocenters. The zero-order valence-electron chi connectivity index (χ0n) is 17.2. The summed E-state index contributed by atoms with van der Waals surface area (Å²) in [5.74, 6) is -0.168. The third kappa shape index (κ3) is 5.95. The van der Waals surface area contributed by atoms with E-state index in [-0.39, 0.29) is 35.9 Å². The first-order chi connectivity index (χ1) is 12.9. The van der Waals surface area contributed by atoms with Crippen molar-refractivity contribution in [2.75, 3.05) is 24.6 Å². The van der Waals surface area contributed by atoms with Crippen molar-refractivity contribution in [1.82, 2.24) is 10.2 Å². The lowest BCUT2D eigenvalue weighted by Crippen LogP contribution is -2.53. The molecule has 1 aromatic carbocycles. The van der Waals surface area contributed by atoms with E-state index in [1.807, 2.05) is 18.2 Å². The number of ether oxygens (including phenoxy) is 1. The largest absolute Gasteiger partial charge is 0.481 e. The van der Waals surface area contributed by atoms with Gasteiger partial charge in [-0.25, -0.2) is 8.42 Å². The Morgan fingerprint density at radius 3 is 2.32 bits per heavy atom. The van der Waals surface area contributed by atoms with Crippen molar-refractivity contribution in [3.8, 4) is 5.75 Å². The monoisotopic (exact) mass is 410 g/mol. The van der Waals surface area contributed by atoms with Gasteiger partial charge in [0, 0.05) is 13.1 Å². The average Bonchev–Trinajstić information content (AvgIpc) is 2.60. The van der Waals surface area contributed by atoms with Gasteiger partial charge in [-0.3, -0.25) is 9.59 Å². The van der Waals surface area contributed by atoms with Gasteiger partial charge in [0.05, 0.1) is 11.5 Å². The summed E-state index contributed by atoms with van der Waals surface area (Å²) in [6.45, 7) is 9.84. The van der Waals surface area contributed by atoms with Crippen LogP contribution < -0.4 is 10.1 Å². The molecule has 1 fully saturated rings. The van der Waals surface area contributed by atoms with E-state index in [0.717, 1.165) is 5.56 Å². The van der Waals surface area contributed by atoms with Gasteiger partial charge in [-0.15, -0.1) is 0 Å². The van der Waals surface area contributed by atoms with Crippen molar-refractivity contribution in [2.45, 2.75) is 52.2 Å². The molecule has 1 N–H and O–H groups in total. The molecule has 1 aromatic rings. The zero-order chi connectivity index (χ0) is 21.1. The van der Waals surface area contributed by atoms with Crippen molar-refractivity contribution >= 4 is 21.7 Å². The van der Waals surface area contributed by atoms with Crippen LogP contribution >= 0.6 is 0 Å². The van der Waals surface area contributed by atoms with Crippen LogP contribution in [0.2, 0.25) is 0 Å². The molecule has 0 spiro atoms.